The second kappa shape index (κ2) is 2.40. The molecule has 0 aromatic rings. The minimum atomic E-state index is -3.60. The van der Waals surface area contributed by atoms with Crippen molar-refractivity contribution in [1.82, 2.24) is 0 Å². The molecule has 0 saturated heterocycles. The molecule has 0 spiro atoms. The summed E-state index contributed by atoms with van der Waals surface area (Å²) < 4.78 is 22.6. The Bertz CT molecular complexity index is 51.7. The van der Waals surface area contributed by atoms with Gasteiger partial charge in [-0.2, -0.15) is 13.7 Å². The Morgan fingerprint density at radius 3 is 2.14 bits per heavy atom. The zero-order valence-electron chi connectivity index (χ0n) is 3.20. The third-order valence-corrected chi connectivity index (χ3v) is 0.600. The van der Waals surface area contributed by atoms with Crippen LogP contribution < -0.4 is 0 Å². The second-order valence-corrected chi connectivity index (χ2v) is 1.13. The SMILES string of the molecule is OOC(F)(F)CCl. The molecule has 2 nitrogen and oxygen atoms in total. The predicted octanol–water partition coefficient (Wildman–Crippen LogP) is 1.31. The van der Waals surface area contributed by atoms with Gasteiger partial charge in [0.1, 0.15) is 5.88 Å². The molecule has 0 fully saturated rings. The second-order valence-electron chi connectivity index (χ2n) is 0.862. The molecule has 5 heteroatoms. The summed E-state index contributed by atoms with van der Waals surface area (Å²) in [4.78, 5) is 2.62. The third-order valence-electron chi connectivity index (χ3n) is 0.289. The van der Waals surface area contributed by atoms with Gasteiger partial charge in [-0.3, -0.25) is 0 Å². The van der Waals surface area contributed by atoms with Crippen LogP contribution in [-0.2, 0) is 4.89 Å². The van der Waals surface area contributed by atoms with E-state index in [1.54, 1.807) is 0 Å². The highest BCUT2D eigenvalue weighted by Crippen LogP contribution is 2.13. The first kappa shape index (κ1) is 7.07. The lowest BCUT2D eigenvalue weighted by molar-refractivity contribution is -0.404. The minimum Gasteiger partial charge on any atom is -0.246 e. The van der Waals surface area contributed by atoms with Crippen LogP contribution in [0.5, 0.6) is 0 Å². The first-order chi connectivity index (χ1) is 3.12. The highest BCUT2D eigenvalue weighted by atomic mass is 35.5. The Morgan fingerprint density at radius 1 is 1.71 bits per heavy atom. The number of hydrogen-bond donors (Lipinski definition) is 1. The molecule has 0 saturated carbocycles. The first-order valence-electron chi connectivity index (χ1n) is 1.39. The molecule has 0 heterocycles. The molecule has 0 rings (SSSR count). The maximum atomic E-state index is 11.3. The maximum absolute atomic E-state index is 11.3. The lowest BCUT2D eigenvalue weighted by Crippen LogP contribution is -2.20. The van der Waals surface area contributed by atoms with Crippen molar-refractivity contribution in [3.05, 3.63) is 0 Å². The third kappa shape index (κ3) is 2.73. The average Bonchev–Trinajstić information content (AvgIpc) is 1.68. The molecule has 0 aliphatic heterocycles. The van der Waals surface area contributed by atoms with Crippen LogP contribution in [0.25, 0.3) is 0 Å². The maximum Gasteiger partial charge on any atom is 0.394 e. The summed E-state index contributed by atoms with van der Waals surface area (Å²) in [5, 5.41) is 7.26. The van der Waals surface area contributed by atoms with E-state index in [-0.39, 0.29) is 0 Å². The van der Waals surface area contributed by atoms with Gasteiger partial charge in [-0.15, -0.1) is 11.6 Å². The van der Waals surface area contributed by atoms with Crippen LogP contribution >= 0.6 is 11.6 Å². The molecule has 7 heavy (non-hydrogen) atoms. The van der Waals surface area contributed by atoms with Crippen LogP contribution in [0, 0.1) is 0 Å². The van der Waals surface area contributed by atoms with Gasteiger partial charge in [-0.1, -0.05) is 0 Å². The fourth-order valence-corrected chi connectivity index (χ4v) is 0.0732. The highest BCUT2D eigenvalue weighted by molar-refractivity contribution is 6.18. The summed E-state index contributed by atoms with van der Waals surface area (Å²) in [6.07, 6.45) is -3.60. The molecule has 0 unspecified atom stereocenters. The van der Waals surface area contributed by atoms with E-state index in [1.807, 2.05) is 0 Å². The van der Waals surface area contributed by atoms with Gasteiger partial charge < -0.3 is 0 Å². The molecule has 1 N–H and O–H groups in total. The van der Waals surface area contributed by atoms with Gasteiger partial charge in [-0.25, -0.2) is 5.26 Å². The molecule has 0 aromatic carbocycles. The molecule has 0 atom stereocenters. The van der Waals surface area contributed by atoms with E-state index < -0.39 is 12.0 Å². The zero-order valence-corrected chi connectivity index (χ0v) is 3.95. The number of alkyl halides is 3. The van der Waals surface area contributed by atoms with Gasteiger partial charge >= 0.3 is 6.11 Å². The molecular weight excluding hydrogens is 129 g/mol. The Kier molecular flexibility index (Phi) is 2.42. The fourth-order valence-electron chi connectivity index (χ4n) is 0.0244. The van der Waals surface area contributed by atoms with E-state index in [0.29, 0.717) is 0 Å². The molecular formula is C2H3ClF2O2. The highest BCUT2D eigenvalue weighted by Gasteiger charge is 2.28. The van der Waals surface area contributed by atoms with Crippen LogP contribution in [0.2, 0.25) is 0 Å². The van der Waals surface area contributed by atoms with E-state index in [2.05, 4.69) is 16.5 Å². The van der Waals surface area contributed by atoms with E-state index in [4.69, 9.17) is 5.26 Å². The lowest BCUT2D eigenvalue weighted by Gasteiger charge is -2.04. The van der Waals surface area contributed by atoms with Gasteiger partial charge in [-0.05, 0) is 0 Å². The van der Waals surface area contributed by atoms with Crippen LogP contribution in [0.15, 0.2) is 0 Å². The normalized spacial score (nSPS) is 12.0. The molecule has 0 aromatic heterocycles. The van der Waals surface area contributed by atoms with Gasteiger partial charge in [0.25, 0.3) is 0 Å². The van der Waals surface area contributed by atoms with Crippen molar-refractivity contribution < 1.29 is 18.9 Å². The van der Waals surface area contributed by atoms with Crippen molar-refractivity contribution in [1.29, 1.82) is 0 Å². The number of hydrogen-bond acceptors (Lipinski definition) is 2. The van der Waals surface area contributed by atoms with Crippen molar-refractivity contribution in [3.63, 3.8) is 0 Å². The molecule has 0 bridgehead atoms. The van der Waals surface area contributed by atoms with Crippen LogP contribution in [0.3, 0.4) is 0 Å². The molecule has 0 aliphatic carbocycles. The largest absolute Gasteiger partial charge is 0.394 e. The summed E-state index contributed by atoms with van der Waals surface area (Å²) in [7, 11) is 0. The lowest BCUT2D eigenvalue weighted by atomic mass is 10.8. The van der Waals surface area contributed by atoms with E-state index in [0.717, 1.165) is 0 Å². The predicted molar refractivity (Wildman–Crippen MR) is 19.4 cm³/mol. The zero-order chi connectivity index (χ0) is 5.91. The van der Waals surface area contributed by atoms with E-state index >= 15 is 0 Å². The Morgan fingerprint density at radius 2 is 2.14 bits per heavy atom. The summed E-state index contributed by atoms with van der Waals surface area (Å²) in [5.41, 5.74) is 0. The van der Waals surface area contributed by atoms with Crippen molar-refractivity contribution in [2.24, 2.45) is 0 Å². The molecule has 44 valence electrons. The molecule has 0 amide bonds. The van der Waals surface area contributed by atoms with Crippen molar-refractivity contribution >= 4 is 11.6 Å². The topological polar surface area (TPSA) is 29.5 Å². The summed E-state index contributed by atoms with van der Waals surface area (Å²) in [5.74, 6) is -1.04. The molecule has 0 aliphatic rings. The van der Waals surface area contributed by atoms with Crippen LogP contribution in [-0.4, -0.2) is 17.2 Å². The Hall–Kier alpha value is 0.0700. The Labute approximate surface area is 43.6 Å². The fraction of sp³-hybridized carbons (Fsp3) is 1.00. The standard InChI is InChI=1S/C2H3ClF2O2/c3-1-2(4,5)7-6/h6H,1H2. The Balaban J connectivity index is 3.36. The summed E-state index contributed by atoms with van der Waals surface area (Å²) in [6.45, 7) is 0. The van der Waals surface area contributed by atoms with Gasteiger partial charge in [0.15, 0.2) is 0 Å². The number of halogens is 3. The van der Waals surface area contributed by atoms with E-state index in [1.165, 1.54) is 0 Å². The summed E-state index contributed by atoms with van der Waals surface area (Å²) >= 11 is 4.56. The summed E-state index contributed by atoms with van der Waals surface area (Å²) in [6, 6.07) is 0. The first-order valence-corrected chi connectivity index (χ1v) is 1.92. The minimum absolute atomic E-state index is 1.04. The monoisotopic (exact) mass is 132 g/mol. The average molecular weight is 132 g/mol. The van der Waals surface area contributed by atoms with Gasteiger partial charge in [0.05, 0.1) is 0 Å². The van der Waals surface area contributed by atoms with E-state index in [9.17, 15) is 8.78 Å². The van der Waals surface area contributed by atoms with Crippen molar-refractivity contribution in [3.8, 4) is 0 Å². The van der Waals surface area contributed by atoms with Crippen molar-refractivity contribution in [2.75, 3.05) is 5.88 Å². The molecule has 0 radical (unpaired) electrons. The smallest absolute Gasteiger partial charge is 0.246 e. The van der Waals surface area contributed by atoms with Gasteiger partial charge in [0, 0.05) is 0 Å². The van der Waals surface area contributed by atoms with Crippen LogP contribution in [0.4, 0.5) is 8.78 Å². The van der Waals surface area contributed by atoms with Gasteiger partial charge in [0.2, 0.25) is 0 Å². The van der Waals surface area contributed by atoms with Crippen molar-refractivity contribution in [2.45, 2.75) is 6.11 Å². The van der Waals surface area contributed by atoms with Crippen LogP contribution in [0.1, 0.15) is 0 Å². The quantitative estimate of drug-likeness (QED) is 0.349. The number of rotatable bonds is 2.